The van der Waals surface area contributed by atoms with E-state index in [0.717, 1.165) is 11.1 Å². The first-order chi connectivity index (χ1) is 11.1. The summed E-state index contributed by atoms with van der Waals surface area (Å²) in [6, 6.07) is 7.59. The number of rotatable bonds is 2. The molecule has 134 valence electrons. The smallest absolute Gasteiger partial charge is 0.143 e. The van der Waals surface area contributed by atoms with E-state index < -0.39 is 0 Å². The van der Waals surface area contributed by atoms with Gasteiger partial charge in [-0.25, -0.2) is 0 Å². The Morgan fingerprint density at radius 1 is 0.833 bits per heavy atom. The predicted octanol–water partition coefficient (Wildman–Crippen LogP) is 8.16. The Balaban J connectivity index is 0.00000134. The molecule has 7 heteroatoms. The second kappa shape index (κ2) is 10.1. The van der Waals surface area contributed by atoms with Crippen LogP contribution in [0.15, 0.2) is 42.2 Å². The van der Waals surface area contributed by atoms with Gasteiger partial charge in [0.2, 0.25) is 0 Å². The summed E-state index contributed by atoms with van der Waals surface area (Å²) in [5.74, 6) is 0.366. The molecule has 0 saturated carbocycles. The van der Waals surface area contributed by atoms with Gasteiger partial charge in [0.1, 0.15) is 11.5 Å². The van der Waals surface area contributed by atoms with Crippen LogP contribution in [-0.4, -0.2) is 15.1 Å². The molecule has 0 aliphatic heterocycles. The molecule has 0 amide bonds. The molecule has 2 rings (SSSR count). The number of phenolic OH excluding ortho intramolecular Hbond substituents is 2. The van der Waals surface area contributed by atoms with Crippen LogP contribution in [-0.2, 0) is 5.41 Å². The van der Waals surface area contributed by atoms with Gasteiger partial charge in [-0.15, -0.1) is 0 Å². The number of hydrogen-bond acceptors (Lipinski definition) is 2. The summed E-state index contributed by atoms with van der Waals surface area (Å²) in [7, 11) is 0. The third-order valence-corrected chi connectivity index (χ3v) is 5.90. The fraction of sp³-hybridized carbons (Fsp3) is 0.294. The van der Waals surface area contributed by atoms with E-state index >= 15 is 0 Å². The molecule has 0 heterocycles. The molecule has 0 bridgehead atoms. The minimum atomic E-state index is -0.308. The molecule has 0 atom stereocenters. The third-order valence-electron chi connectivity index (χ3n) is 3.48. The molecule has 0 unspecified atom stereocenters. The van der Waals surface area contributed by atoms with Crippen LogP contribution in [0.1, 0.15) is 33.8 Å². The van der Waals surface area contributed by atoms with Gasteiger partial charge in [0.15, 0.2) is 0 Å². The molecular weight excluding hydrogens is 683 g/mol. The average molecular weight is 703 g/mol. The van der Waals surface area contributed by atoms with Crippen LogP contribution in [0.3, 0.4) is 0 Å². The van der Waals surface area contributed by atoms with Crippen molar-refractivity contribution in [3.8, 4) is 11.5 Å². The summed E-state index contributed by atoms with van der Waals surface area (Å²) >= 11 is 15.4. The monoisotopic (exact) mass is 699 g/mol. The second-order valence-electron chi connectivity index (χ2n) is 5.20. The highest BCUT2D eigenvalue weighted by Gasteiger charge is 2.26. The van der Waals surface area contributed by atoms with Gasteiger partial charge in [0.05, 0.1) is 17.9 Å². The van der Waals surface area contributed by atoms with Crippen LogP contribution in [0.25, 0.3) is 0 Å². The van der Waals surface area contributed by atoms with Crippen molar-refractivity contribution in [2.45, 2.75) is 26.7 Å². The number of alkyl halides is 1. The predicted molar refractivity (Wildman–Crippen MR) is 126 cm³/mol. The lowest BCUT2D eigenvalue weighted by atomic mass is 9.78. The fourth-order valence-corrected chi connectivity index (χ4v) is 4.39. The van der Waals surface area contributed by atoms with Gasteiger partial charge >= 0.3 is 0 Å². The molecule has 0 saturated heterocycles. The van der Waals surface area contributed by atoms with E-state index in [9.17, 15) is 10.2 Å². The van der Waals surface area contributed by atoms with Crippen molar-refractivity contribution < 1.29 is 11.6 Å². The van der Waals surface area contributed by atoms with Gasteiger partial charge in [-0.3, -0.25) is 0 Å². The molecular formula is C17H19Br4IO2. The molecule has 0 spiro atoms. The van der Waals surface area contributed by atoms with Crippen molar-refractivity contribution in [2.24, 2.45) is 0 Å². The minimum absolute atomic E-state index is 0. The van der Waals surface area contributed by atoms with E-state index in [1.807, 2.05) is 46.9 Å². The van der Waals surface area contributed by atoms with Crippen LogP contribution in [0.2, 0.25) is 0 Å². The summed E-state index contributed by atoms with van der Waals surface area (Å²) in [5, 5.41) is 19.7. The Labute approximate surface area is 192 Å². The van der Waals surface area contributed by atoms with E-state index in [0.29, 0.717) is 22.8 Å². The van der Waals surface area contributed by atoms with Gasteiger partial charge < -0.3 is 10.2 Å². The summed E-state index contributed by atoms with van der Waals surface area (Å²) in [6.45, 7) is 4.17. The Hall–Kier alpha value is 0.690. The van der Waals surface area contributed by atoms with Crippen LogP contribution >= 0.6 is 86.3 Å². The molecule has 2 nitrogen and oxygen atoms in total. The first-order valence-electron chi connectivity index (χ1n) is 6.99. The van der Waals surface area contributed by atoms with E-state index in [-0.39, 0.29) is 24.3 Å². The van der Waals surface area contributed by atoms with Crippen LogP contribution in [0.5, 0.6) is 11.5 Å². The Morgan fingerprint density at radius 3 is 1.25 bits per heavy atom. The van der Waals surface area contributed by atoms with Gasteiger partial charge in [-0.05, 0) is 104 Å². The van der Waals surface area contributed by atoms with E-state index in [1.54, 1.807) is 0 Å². The van der Waals surface area contributed by atoms with E-state index in [4.69, 9.17) is 1.37 Å². The van der Waals surface area contributed by atoms with Crippen molar-refractivity contribution in [1.29, 1.82) is 0 Å². The van der Waals surface area contributed by atoms with Crippen molar-refractivity contribution in [1.82, 2.24) is 0 Å². The van der Waals surface area contributed by atoms with Crippen molar-refractivity contribution in [2.75, 3.05) is 4.91 Å². The first kappa shape index (κ1) is 22.7. The lowest BCUT2D eigenvalue weighted by Gasteiger charge is -2.27. The highest BCUT2D eigenvalue weighted by molar-refractivity contribution is 14.1. The summed E-state index contributed by atoms with van der Waals surface area (Å²) in [5.41, 5.74) is 1.75. The Bertz CT molecular complexity index is 633. The normalized spacial score (nSPS) is 11.0. The molecule has 0 aliphatic carbocycles. The largest absolute Gasteiger partial charge is 0.506 e. The van der Waals surface area contributed by atoms with Gasteiger partial charge in [-0.2, -0.15) is 0 Å². The summed E-state index contributed by atoms with van der Waals surface area (Å²) in [6.07, 6.45) is 0. The highest BCUT2D eigenvalue weighted by atomic mass is 127. The first-order valence-corrected chi connectivity index (χ1v) is 11.0. The number of hydrogen-bond donors (Lipinski definition) is 2. The number of aromatic hydroxyl groups is 2. The third kappa shape index (κ3) is 5.34. The molecule has 24 heavy (non-hydrogen) atoms. The van der Waals surface area contributed by atoms with Gasteiger partial charge in [0, 0.05) is 6.79 Å². The lowest BCUT2D eigenvalue weighted by molar-refractivity contribution is 0.466. The molecule has 2 N–H and O–H groups in total. The van der Waals surface area contributed by atoms with Gasteiger partial charge in [0.25, 0.3) is 0 Å². The minimum Gasteiger partial charge on any atom is -0.506 e. The van der Waals surface area contributed by atoms with Crippen molar-refractivity contribution in [3.63, 3.8) is 0 Å². The molecule has 0 fully saturated rings. The van der Waals surface area contributed by atoms with Crippen molar-refractivity contribution >= 4 is 86.3 Å². The maximum Gasteiger partial charge on any atom is 0.143 e. The van der Waals surface area contributed by atoms with Crippen LogP contribution in [0.4, 0.5) is 0 Å². The zero-order chi connectivity index (χ0) is 18.7. The zero-order valence-electron chi connectivity index (χ0n) is 13.3. The molecule has 0 aromatic heterocycles. The Morgan fingerprint density at radius 2 is 1.04 bits per heavy atom. The number of phenols is 2. The lowest BCUT2D eigenvalue weighted by Crippen LogP contribution is -2.19. The fourth-order valence-electron chi connectivity index (χ4n) is 2.02. The molecule has 2 aromatic carbocycles. The molecule has 2 aromatic rings. The van der Waals surface area contributed by atoms with Gasteiger partial charge in [-0.1, -0.05) is 43.9 Å². The number of benzene rings is 2. The zero-order valence-corrected chi connectivity index (χ0v) is 20.8. The highest BCUT2D eigenvalue weighted by Crippen LogP contribution is 2.43. The maximum atomic E-state index is 9.85. The second-order valence-corrected chi connectivity index (χ2v) is 8.62. The maximum absolute atomic E-state index is 9.85. The average Bonchev–Trinajstić information content (AvgIpc) is 2.49. The topological polar surface area (TPSA) is 40.5 Å². The molecule has 0 aliphatic rings. The summed E-state index contributed by atoms with van der Waals surface area (Å²) < 4.78 is 8.74. The quantitative estimate of drug-likeness (QED) is 0.245. The van der Waals surface area contributed by atoms with E-state index in [1.165, 1.54) is 0 Å². The summed E-state index contributed by atoms with van der Waals surface area (Å²) in [4.78, 5) is 0.470. The van der Waals surface area contributed by atoms with E-state index in [2.05, 4.69) is 77.6 Å². The Kier molecular flexibility index (Phi) is 9.60. The van der Waals surface area contributed by atoms with Crippen LogP contribution < -0.4 is 0 Å². The SMILES string of the molecule is C.CC(C)(c1cc(Br)c(O)c(Br)c1)c1cc(Br)c(O)c(Br)c1.[2H]CI. The standard InChI is InChI=1S/C15H12Br4O2.CH3I.CH4/c1-15(2,7-3-9(16)13(20)10(17)4-7)8-5-11(18)14(21)12(19)6-8;1-2;/h3-6,20-21H,1-2H3;1H3;1H4/i;1D;. The molecule has 0 radical (unpaired) electrons. The van der Waals surface area contributed by atoms with Crippen molar-refractivity contribution in [3.05, 3.63) is 53.3 Å². The van der Waals surface area contributed by atoms with Crippen LogP contribution in [0, 0.1) is 0 Å². The number of halogens is 5.